The fourth-order valence-electron chi connectivity index (χ4n) is 2.73. The van der Waals surface area contributed by atoms with Gasteiger partial charge in [-0.25, -0.2) is 4.79 Å². The molecule has 0 unspecified atom stereocenters. The molecule has 1 saturated heterocycles. The average molecular weight is 372 g/mol. The molecule has 26 heavy (non-hydrogen) atoms. The van der Waals surface area contributed by atoms with Crippen molar-refractivity contribution in [3.63, 3.8) is 0 Å². The minimum Gasteiger partial charge on any atom is -0.473 e. The molecule has 0 radical (unpaired) electrons. The third kappa shape index (κ3) is 4.19. The molecule has 2 rings (SSSR count). The third-order valence-electron chi connectivity index (χ3n) is 3.97. The molecule has 0 spiro atoms. The van der Waals surface area contributed by atoms with Crippen LogP contribution in [0.5, 0.6) is 0 Å². The van der Waals surface area contributed by atoms with E-state index in [1.807, 2.05) is 0 Å². The first-order chi connectivity index (χ1) is 12.1. The van der Waals surface area contributed by atoms with Gasteiger partial charge in [0.1, 0.15) is 0 Å². The molecule has 1 heterocycles. The molecule has 0 atom stereocenters. The number of nitrogens with zero attached hydrogens (tertiary/aromatic N) is 2. The quantitative estimate of drug-likeness (QED) is 0.369. The largest absolute Gasteiger partial charge is 0.473 e. The summed E-state index contributed by atoms with van der Waals surface area (Å²) in [5.41, 5.74) is -3.12. The molecule has 1 aliphatic rings. The number of benzene rings is 1. The van der Waals surface area contributed by atoms with Crippen molar-refractivity contribution < 1.29 is 32.8 Å². The standard InChI is InChI=1S/C16H15F3N2O5/c17-16(18,19)11-6-4-10(5-7-11)14(22)12(13(15(23)24)21(25)26)20-8-2-1-3-9-20/h4-7H,1-3,8-9H2,(H,23,24)/b13-12+. The van der Waals surface area contributed by atoms with Crippen LogP contribution in [0.15, 0.2) is 35.7 Å². The summed E-state index contributed by atoms with van der Waals surface area (Å²) in [5, 5.41) is 20.3. The Morgan fingerprint density at radius 1 is 1.08 bits per heavy atom. The summed E-state index contributed by atoms with van der Waals surface area (Å²) < 4.78 is 37.9. The molecule has 10 heteroatoms. The minimum atomic E-state index is -4.60. The number of carboxylic acid groups (broad SMARTS) is 1. The van der Waals surface area contributed by atoms with Crippen LogP contribution in [0.25, 0.3) is 0 Å². The summed E-state index contributed by atoms with van der Waals surface area (Å²) in [7, 11) is 0. The number of hydrogen-bond acceptors (Lipinski definition) is 5. The highest BCUT2D eigenvalue weighted by Gasteiger charge is 2.36. The van der Waals surface area contributed by atoms with Gasteiger partial charge in [-0.15, -0.1) is 0 Å². The van der Waals surface area contributed by atoms with Crippen molar-refractivity contribution in [3.05, 3.63) is 56.9 Å². The van der Waals surface area contributed by atoms with E-state index in [0.717, 1.165) is 18.6 Å². The number of piperidine rings is 1. The Kier molecular flexibility index (Phi) is 5.63. The summed E-state index contributed by atoms with van der Waals surface area (Å²) in [5.74, 6) is -2.87. The van der Waals surface area contributed by atoms with Crippen LogP contribution in [0.2, 0.25) is 0 Å². The summed E-state index contributed by atoms with van der Waals surface area (Å²) in [6, 6.07) is 3.12. The number of rotatable bonds is 5. The number of hydrogen-bond donors (Lipinski definition) is 1. The van der Waals surface area contributed by atoms with Gasteiger partial charge in [0.15, 0.2) is 5.70 Å². The van der Waals surface area contributed by atoms with Crippen molar-refractivity contribution in [2.75, 3.05) is 13.1 Å². The van der Waals surface area contributed by atoms with Gasteiger partial charge in [0.2, 0.25) is 5.78 Å². The van der Waals surface area contributed by atoms with Crippen molar-refractivity contribution in [2.45, 2.75) is 25.4 Å². The zero-order valence-electron chi connectivity index (χ0n) is 13.5. The Morgan fingerprint density at radius 2 is 1.62 bits per heavy atom. The highest BCUT2D eigenvalue weighted by Crippen LogP contribution is 2.30. The van der Waals surface area contributed by atoms with Crippen molar-refractivity contribution in [1.29, 1.82) is 0 Å². The van der Waals surface area contributed by atoms with Crippen molar-refractivity contribution in [2.24, 2.45) is 0 Å². The maximum absolute atomic E-state index is 12.7. The van der Waals surface area contributed by atoms with Gasteiger partial charge in [0.25, 0.3) is 0 Å². The van der Waals surface area contributed by atoms with E-state index in [9.17, 15) is 32.9 Å². The number of nitro groups is 1. The number of carbonyl (C=O) groups excluding carboxylic acids is 1. The van der Waals surface area contributed by atoms with Gasteiger partial charge >= 0.3 is 17.8 Å². The van der Waals surface area contributed by atoms with Gasteiger partial charge in [0, 0.05) is 18.7 Å². The summed E-state index contributed by atoms with van der Waals surface area (Å²) in [6.45, 7) is 0.513. The van der Waals surface area contributed by atoms with Gasteiger partial charge < -0.3 is 10.0 Å². The van der Waals surface area contributed by atoms with E-state index in [-0.39, 0.29) is 18.7 Å². The van der Waals surface area contributed by atoms with E-state index < -0.39 is 39.8 Å². The molecular formula is C16H15F3N2O5. The second-order valence-electron chi connectivity index (χ2n) is 5.71. The normalized spacial score (nSPS) is 16.0. The topological polar surface area (TPSA) is 101 Å². The van der Waals surface area contributed by atoms with E-state index in [1.54, 1.807) is 0 Å². The zero-order chi connectivity index (χ0) is 19.5. The first-order valence-electron chi connectivity index (χ1n) is 7.71. The SMILES string of the molecule is O=C(O)/C(=C(/C(=O)c1ccc(C(F)(F)F)cc1)N1CCCCC1)[N+](=O)[O-]. The Balaban J connectivity index is 2.51. The molecule has 0 saturated carbocycles. The predicted octanol–water partition coefficient (Wildman–Crippen LogP) is 2.95. The number of ketones is 1. The molecule has 1 aromatic carbocycles. The predicted molar refractivity (Wildman–Crippen MR) is 82.9 cm³/mol. The van der Waals surface area contributed by atoms with Crippen LogP contribution in [0.1, 0.15) is 35.2 Å². The second kappa shape index (κ2) is 7.54. The van der Waals surface area contributed by atoms with Crippen LogP contribution in [-0.4, -0.2) is 39.8 Å². The van der Waals surface area contributed by atoms with Crippen molar-refractivity contribution >= 4 is 11.8 Å². The summed E-state index contributed by atoms with van der Waals surface area (Å²) >= 11 is 0. The molecular weight excluding hydrogens is 357 g/mol. The summed E-state index contributed by atoms with van der Waals surface area (Å²) in [4.78, 5) is 35.4. The lowest BCUT2D eigenvalue weighted by Crippen LogP contribution is -2.36. The number of Topliss-reactive ketones (excluding diaryl/α,β-unsaturated/α-hetero) is 1. The van der Waals surface area contributed by atoms with Crippen molar-refractivity contribution in [3.8, 4) is 0 Å². The summed E-state index contributed by atoms with van der Waals surface area (Å²) in [6.07, 6.45) is -2.53. The highest BCUT2D eigenvalue weighted by atomic mass is 19.4. The van der Waals surface area contributed by atoms with Crippen LogP contribution in [0.3, 0.4) is 0 Å². The molecule has 0 aliphatic carbocycles. The fraction of sp³-hybridized carbons (Fsp3) is 0.375. The number of carbonyl (C=O) groups is 2. The van der Waals surface area contributed by atoms with E-state index in [4.69, 9.17) is 5.11 Å². The average Bonchev–Trinajstić information content (AvgIpc) is 2.58. The minimum absolute atomic E-state index is 0.251. The zero-order valence-corrected chi connectivity index (χ0v) is 13.5. The lowest BCUT2D eigenvalue weighted by molar-refractivity contribution is -0.422. The van der Waals surface area contributed by atoms with Crippen LogP contribution in [0.4, 0.5) is 13.2 Å². The Hall–Kier alpha value is -2.91. The molecule has 0 amide bonds. The maximum atomic E-state index is 12.7. The number of allylic oxidation sites excluding steroid dienone is 1. The Morgan fingerprint density at radius 3 is 2.04 bits per heavy atom. The van der Waals surface area contributed by atoms with Gasteiger partial charge in [0.05, 0.1) is 10.5 Å². The fourth-order valence-corrected chi connectivity index (χ4v) is 2.73. The lowest BCUT2D eigenvalue weighted by atomic mass is 10.0. The molecule has 0 bridgehead atoms. The van der Waals surface area contributed by atoms with E-state index in [0.29, 0.717) is 25.0 Å². The van der Waals surface area contributed by atoms with Gasteiger partial charge in [-0.3, -0.25) is 14.9 Å². The van der Waals surface area contributed by atoms with Gasteiger partial charge in [-0.05, 0) is 31.4 Å². The van der Waals surface area contributed by atoms with E-state index >= 15 is 0 Å². The van der Waals surface area contributed by atoms with Crippen LogP contribution < -0.4 is 0 Å². The molecule has 1 fully saturated rings. The van der Waals surface area contributed by atoms with Gasteiger partial charge in [-0.2, -0.15) is 13.2 Å². The molecule has 0 aromatic heterocycles. The maximum Gasteiger partial charge on any atom is 0.416 e. The number of halogens is 3. The monoisotopic (exact) mass is 372 g/mol. The lowest BCUT2D eigenvalue weighted by Gasteiger charge is -2.29. The van der Waals surface area contributed by atoms with E-state index in [2.05, 4.69) is 0 Å². The number of likely N-dealkylation sites (tertiary alicyclic amines) is 1. The Labute approximate surface area is 145 Å². The first kappa shape index (κ1) is 19.4. The highest BCUT2D eigenvalue weighted by molar-refractivity contribution is 6.11. The molecule has 1 aromatic rings. The molecule has 140 valence electrons. The van der Waals surface area contributed by atoms with Crippen LogP contribution in [-0.2, 0) is 11.0 Å². The van der Waals surface area contributed by atoms with E-state index in [1.165, 1.54) is 4.90 Å². The number of alkyl halides is 3. The number of aliphatic carboxylic acids is 1. The third-order valence-corrected chi connectivity index (χ3v) is 3.97. The van der Waals surface area contributed by atoms with Crippen LogP contribution in [0, 0.1) is 10.1 Å². The smallest absolute Gasteiger partial charge is 0.416 e. The second-order valence-corrected chi connectivity index (χ2v) is 5.71. The molecule has 1 aliphatic heterocycles. The van der Waals surface area contributed by atoms with Crippen molar-refractivity contribution in [1.82, 2.24) is 4.90 Å². The van der Waals surface area contributed by atoms with Crippen LogP contribution >= 0.6 is 0 Å². The molecule has 1 N–H and O–H groups in total. The Bertz CT molecular complexity index is 734. The number of carboxylic acids is 1. The first-order valence-corrected chi connectivity index (χ1v) is 7.71. The van der Waals surface area contributed by atoms with Gasteiger partial charge in [-0.1, -0.05) is 12.1 Å². The molecule has 7 nitrogen and oxygen atoms in total.